The highest BCUT2D eigenvalue weighted by Gasteiger charge is 1.99. The molecular weight excluding hydrogens is 104 g/mol. The van der Waals surface area contributed by atoms with Gasteiger partial charge in [0, 0.05) is 6.42 Å². The summed E-state index contributed by atoms with van der Waals surface area (Å²) in [5.41, 5.74) is 0.396. The molecule has 46 valence electrons. The molecule has 0 unspecified atom stereocenters. The summed E-state index contributed by atoms with van der Waals surface area (Å²) in [6, 6.07) is 0. The topological polar surface area (TPSA) is 55.5 Å². The Morgan fingerprint density at radius 1 is 1.75 bits per heavy atom. The number of rotatable bonds is 2. The van der Waals surface area contributed by atoms with Gasteiger partial charge in [-0.2, -0.15) is 5.10 Å². The molecule has 0 aliphatic rings. The summed E-state index contributed by atoms with van der Waals surface area (Å²) in [4.78, 5) is 10.5. The highest BCUT2D eigenvalue weighted by Crippen LogP contribution is 1.82. The van der Waals surface area contributed by atoms with E-state index >= 15 is 0 Å². The van der Waals surface area contributed by atoms with E-state index in [1.54, 1.807) is 13.8 Å². The lowest BCUT2D eigenvalue weighted by molar-refractivity contribution is -0.112. The van der Waals surface area contributed by atoms with Crippen LogP contribution in [0.5, 0.6) is 0 Å². The van der Waals surface area contributed by atoms with Gasteiger partial charge in [0.15, 0.2) is 5.78 Å². The smallest absolute Gasteiger partial charge is 0.178 e. The van der Waals surface area contributed by atoms with E-state index in [1.165, 1.54) is 0 Å². The van der Waals surface area contributed by atoms with Crippen LogP contribution in [-0.4, -0.2) is 11.5 Å². The average Bonchev–Trinajstić information content (AvgIpc) is 1.84. The van der Waals surface area contributed by atoms with Crippen molar-refractivity contribution in [3.05, 3.63) is 0 Å². The number of nitrogens with zero attached hydrogens (tertiary/aromatic N) is 1. The van der Waals surface area contributed by atoms with Gasteiger partial charge in [0.2, 0.25) is 0 Å². The lowest BCUT2D eigenvalue weighted by Gasteiger charge is -1.89. The first kappa shape index (κ1) is 7.14. The summed E-state index contributed by atoms with van der Waals surface area (Å²) in [6.07, 6.45) is 0.479. The maximum absolute atomic E-state index is 10.5. The number of carbonyl (C=O) groups is 1. The molecule has 0 saturated heterocycles. The highest BCUT2D eigenvalue weighted by molar-refractivity contribution is 6.38. The van der Waals surface area contributed by atoms with Gasteiger partial charge in [-0.1, -0.05) is 6.92 Å². The molecule has 0 radical (unpaired) electrons. The molecule has 0 bridgehead atoms. The third-order valence-corrected chi connectivity index (χ3v) is 0.918. The van der Waals surface area contributed by atoms with E-state index < -0.39 is 0 Å². The number of ketones is 1. The molecular formula is C5H10N2O. The van der Waals surface area contributed by atoms with Gasteiger partial charge in [0.25, 0.3) is 0 Å². The minimum atomic E-state index is 0.00694. The van der Waals surface area contributed by atoms with Gasteiger partial charge in [0.1, 0.15) is 0 Å². The summed E-state index contributed by atoms with van der Waals surface area (Å²) in [6.45, 7) is 3.38. The van der Waals surface area contributed by atoms with Crippen molar-refractivity contribution in [1.29, 1.82) is 0 Å². The van der Waals surface area contributed by atoms with E-state index in [-0.39, 0.29) is 5.78 Å². The Labute approximate surface area is 48.6 Å². The summed E-state index contributed by atoms with van der Waals surface area (Å²) in [5.74, 6) is 4.82. The van der Waals surface area contributed by atoms with Crippen LogP contribution in [0.4, 0.5) is 0 Å². The van der Waals surface area contributed by atoms with Gasteiger partial charge in [-0.05, 0) is 6.92 Å². The van der Waals surface area contributed by atoms with Crippen molar-refractivity contribution < 1.29 is 4.79 Å². The van der Waals surface area contributed by atoms with Crippen LogP contribution in [0.3, 0.4) is 0 Å². The first-order valence-electron chi connectivity index (χ1n) is 2.50. The van der Waals surface area contributed by atoms with Gasteiger partial charge < -0.3 is 5.84 Å². The van der Waals surface area contributed by atoms with E-state index in [0.717, 1.165) is 0 Å². The Kier molecular flexibility index (Phi) is 2.84. The third-order valence-electron chi connectivity index (χ3n) is 0.918. The first-order chi connectivity index (χ1) is 3.72. The van der Waals surface area contributed by atoms with Crippen molar-refractivity contribution >= 4 is 11.5 Å². The summed E-state index contributed by atoms with van der Waals surface area (Å²) >= 11 is 0. The molecule has 0 aromatic heterocycles. The lowest BCUT2D eigenvalue weighted by atomic mass is 10.2. The molecule has 3 heteroatoms. The SMILES string of the molecule is CCC(=O)C(C)=NN. The highest BCUT2D eigenvalue weighted by atomic mass is 16.1. The summed E-state index contributed by atoms with van der Waals surface area (Å²) in [5, 5.41) is 3.23. The Morgan fingerprint density at radius 3 is 2.38 bits per heavy atom. The van der Waals surface area contributed by atoms with Gasteiger partial charge in [-0.25, -0.2) is 0 Å². The van der Waals surface area contributed by atoms with Crippen LogP contribution in [0.1, 0.15) is 20.3 Å². The molecule has 0 amide bonds. The molecule has 0 heterocycles. The molecule has 0 aliphatic carbocycles. The summed E-state index contributed by atoms with van der Waals surface area (Å²) < 4.78 is 0. The molecule has 0 rings (SSSR count). The number of hydrazone groups is 1. The van der Waals surface area contributed by atoms with E-state index in [0.29, 0.717) is 12.1 Å². The number of Topliss-reactive ketones (excluding diaryl/α,β-unsaturated/α-hetero) is 1. The van der Waals surface area contributed by atoms with Gasteiger partial charge in [0.05, 0.1) is 5.71 Å². The van der Waals surface area contributed by atoms with Gasteiger partial charge in [-0.15, -0.1) is 0 Å². The fourth-order valence-corrected chi connectivity index (χ4v) is 0.328. The molecule has 0 atom stereocenters. The van der Waals surface area contributed by atoms with Crippen LogP contribution in [0.15, 0.2) is 5.10 Å². The zero-order valence-corrected chi connectivity index (χ0v) is 5.14. The average molecular weight is 114 g/mol. The number of hydrogen-bond acceptors (Lipinski definition) is 3. The first-order valence-corrected chi connectivity index (χ1v) is 2.50. The van der Waals surface area contributed by atoms with Crippen molar-refractivity contribution in [2.45, 2.75) is 20.3 Å². The maximum atomic E-state index is 10.5. The molecule has 0 fully saturated rings. The quantitative estimate of drug-likeness (QED) is 0.319. The second-order valence-corrected chi connectivity index (χ2v) is 1.49. The Morgan fingerprint density at radius 2 is 2.25 bits per heavy atom. The Hall–Kier alpha value is -0.860. The van der Waals surface area contributed by atoms with Crippen LogP contribution in [0.25, 0.3) is 0 Å². The van der Waals surface area contributed by atoms with Crippen LogP contribution in [0.2, 0.25) is 0 Å². The molecule has 0 aliphatic heterocycles. The minimum absolute atomic E-state index is 0.00694. The predicted octanol–water partition coefficient (Wildman–Crippen LogP) is 0.300. The van der Waals surface area contributed by atoms with Crippen molar-refractivity contribution in [2.24, 2.45) is 10.9 Å². The zero-order valence-electron chi connectivity index (χ0n) is 5.14. The predicted molar refractivity (Wildman–Crippen MR) is 32.6 cm³/mol. The Balaban J connectivity index is 3.83. The second-order valence-electron chi connectivity index (χ2n) is 1.49. The van der Waals surface area contributed by atoms with Crippen LogP contribution in [0, 0.1) is 0 Å². The largest absolute Gasteiger partial charge is 0.323 e. The van der Waals surface area contributed by atoms with E-state index in [9.17, 15) is 4.79 Å². The molecule has 0 aromatic rings. The van der Waals surface area contributed by atoms with Crippen molar-refractivity contribution in [2.75, 3.05) is 0 Å². The fraction of sp³-hybridized carbons (Fsp3) is 0.600. The van der Waals surface area contributed by atoms with Crippen molar-refractivity contribution in [3.8, 4) is 0 Å². The summed E-state index contributed by atoms with van der Waals surface area (Å²) in [7, 11) is 0. The van der Waals surface area contributed by atoms with Crippen LogP contribution >= 0.6 is 0 Å². The Bertz CT molecular complexity index is 118. The van der Waals surface area contributed by atoms with E-state index in [1.807, 2.05) is 0 Å². The molecule has 0 saturated carbocycles. The number of nitrogens with two attached hydrogens (primary N) is 1. The minimum Gasteiger partial charge on any atom is -0.323 e. The number of hydrogen-bond donors (Lipinski definition) is 1. The molecule has 8 heavy (non-hydrogen) atoms. The van der Waals surface area contributed by atoms with Crippen molar-refractivity contribution in [3.63, 3.8) is 0 Å². The lowest BCUT2D eigenvalue weighted by Crippen LogP contribution is -2.09. The fourth-order valence-electron chi connectivity index (χ4n) is 0.328. The van der Waals surface area contributed by atoms with Gasteiger partial charge >= 0.3 is 0 Å². The van der Waals surface area contributed by atoms with E-state index in [2.05, 4.69) is 5.10 Å². The molecule has 3 nitrogen and oxygen atoms in total. The monoisotopic (exact) mass is 114 g/mol. The zero-order chi connectivity index (χ0) is 6.57. The van der Waals surface area contributed by atoms with E-state index in [4.69, 9.17) is 5.84 Å². The van der Waals surface area contributed by atoms with Crippen LogP contribution in [-0.2, 0) is 4.79 Å². The van der Waals surface area contributed by atoms with Gasteiger partial charge in [-0.3, -0.25) is 4.79 Å². The standard InChI is InChI=1S/C5H10N2O/c1-3-5(8)4(2)7-6/h3,6H2,1-2H3. The second kappa shape index (κ2) is 3.18. The molecule has 0 spiro atoms. The molecule has 2 N–H and O–H groups in total. The normalized spacial score (nSPS) is 11.5. The third kappa shape index (κ3) is 1.73. The van der Waals surface area contributed by atoms with Crippen molar-refractivity contribution in [1.82, 2.24) is 0 Å². The maximum Gasteiger partial charge on any atom is 0.178 e. The van der Waals surface area contributed by atoms with Crippen LogP contribution < -0.4 is 5.84 Å². The number of carbonyl (C=O) groups excluding carboxylic acids is 1. The molecule has 0 aromatic carbocycles.